The van der Waals surface area contributed by atoms with Crippen molar-refractivity contribution in [2.24, 2.45) is 0 Å². The number of fused-ring (bicyclic) bond motifs is 2. The van der Waals surface area contributed by atoms with Gasteiger partial charge in [-0.05, 0) is 163 Å². The van der Waals surface area contributed by atoms with Crippen LogP contribution in [0.3, 0.4) is 0 Å². The minimum atomic E-state index is -0.687. The fraction of sp³-hybridized carbons (Fsp3) is 0.259. The van der Waals surface area contributed by atoms with Crippen LogP contribution in [0.1, 0.15) is 110 Å². The van der Waals surface area contributed by atoms with Crippen molar-refractivity contribution in [1.82, 2.24) is 0 Å². The minimum absolute atomic E-state index is 0.0891. The number of hydrogen-bond donors (Lipinski definition) is 0. The van der Waals surface area contributed by atoms with Crippen molar-refractivity contribution < 1.29 is 47.6 Å². The van der Waals surface area contributed by atoms with Crippen molar-refractivity contribution in [1.29, 1.82) is 0 Å². The van der Waals surface area contributed by atoms with E-state index < -0.39 is 23.5 Å². The third-order valence-electron chi connectivity index (χ3n) is 10.1. The molecule has 1 aliphatic rings. The van der Waals surface area contributed by atoms with Crippen molar-refractivity contribution in [3.8, 4) is 34.5 Å². The summed E-state index contributed by atoms with van der Waals surface area (Å²) in [5.41, 5.74) is 6.87. The van der Waals surface area contributed by atoms with Gasteiger partial charge in [0, 0.05) is 34.4 Å². The first-order chi connectivity index (χ1) is 30.7. The van der Waals surface area contributed by atoms with Gasteiger partial charge in [0.15, 0.2) is 34.6 Å². The molecule has 4 aromatic rings. The molecule has 0 N–H and O–H groups in total. The predicted octanol–water partition coefficient (Wildman–Crippen LogP) is 11.9. The highest BCUT2D eigenvalue weighted by molar-refractivity contribution is 6.28. The maximum Gasteiger partial charge on any atom is 0.336 e. The number of benzene rings is 4. The molecule has 0 fully saturated rings. The lowest BCUT2D eigenvalue weighted by molar-refractivity contribution is -0.129. The molecule has 0 atom stereocenters. The molecular weight excluding hydrogens is 809 g/mol. The third-order valence-corrected chi connectivity index (χ3v) is 10.1. The molecule has 10 heteroatoms. The van der Waals surface area contributed by atoms with Gasteiger partial charge in [-0.25, -0.2) is 9.59 Å². The predicted molar refractivity (Wildman–Crippen MR) is 251 cm³/mol. The Hall–Kier alpha value is -7.20. The summed E-state index contributed by atoms with van der Waals surface area (Å²) in [5.74, 6) is 0.0972. The van der Waals surface area contributed by atoms with Gasteiger partial charge in [0.1, 0.15) is 24.7 Å². The van der Waals surface area contributed by atoms with Crippen molar-refractivity contribution in [2.45, 2.75) is 67.2 Å². The van der Waals surface area contributed by atoms with Crippen LogP contribution in [0.5, 0.6) is 34.5 Å². The first kappa shape index (κ1) is 47.8. The summed E-state index contributed by atoms with van der Waals surface area (Å²) in [4.78, 5) is 52.9. The Morgan fingerprint density at radius 2 is 0.891 bits per heavy atom. The molecule has 332 valence electrons. The second kappa shape index (κ2) is 23.3. The van der Waals surface area contributed by atoms with E-state index in [1.807, 2.05) is 12.2 Å². The number of allylic oxidation sites excluding steroid dienone is 6. The molecular formula is C54H56O10. The normalized spacial score (nSPS) is 12.4. The molecule has 4 aromatic carbocycles. The first-order valence-corrected chi connectivity index (χ1v) is 21.1. The Morgan fingerprint density at radius 1 is 0.484 bits per heavy atom. The van der Waals surface area contributed by atoms with Gasteiger partial charge in [-0.15, -0.1) is 0 Å². The van der Waals surface area contributed by atoms with Gasteiger partial charge in [0.2, 0.25) is 0 Å². The van der Waals surface area contributed by atoms with Crippen LogP contribution in [0.4, 0.5) is 0 Å². The molecule has 0 radical (unpaired) electrons. The summed E-state index contributed by atoms with van der Waals surface area (Å²) < 4.78 is 33.9. The quantitative estimate of drug-likeness (QED) is 0.0323. The molecule has 0 amide bonds. The van der Waals surface area contributed by atoms with Crippen LogP contribution in [-0.2, 0) is 9.59 Å². The maximum atomic E-state index is 13.6. The van der Waals surface area contributed by atoms with Crippen LogP contribution in [0.15, 0.2) is 132 Å². The molecule has 0 aromatic heterocycles. The highest BCUT2D eigenvalue weighted by Crippen LogP contribution is 2.33. The van der Waals surface area contributed by atoms with Gasteiger partial charge in [0.25, 0.3) is 0 Å². The van der Waals surface area contributed by atoms with E-state index in [0.717, 1.165) is 25.7 Å². The van der Waals surface area contributed by atoms with E-state index in [9.17, 15) is 19.2 Å². The molecule has 64 heavy (non-hydrogen) atoms. The molecule has 0 spiro atoms. The Bertz CT molecular complexity index is 2380. The second-order valence-corrected chi connectivity index (χ2v) is 15.8. The largest absolute Gasteiger partial charge is 0.493 e. The standard InChI is InChI=1S/C54H56O10/c1-35(2)11-9-13-37(5)27-29-61-47-23-15-39(31-49(47)59-7)17-25-51(55)63-41-19-21-43-45(33-41)53(57)44-22-20-42(34-46(44)54(43)58)64-52(56)26-18-40-16-24-48(50(32-40)60-8)62-30-28-38(6)14-10-12-36(3)4/h11-12,15-28,31-34H,9-10,13-14,29-30H2,1-8H3/b25-17+,26-18+,37-27+,38-28+. The van der Waals surface area contributed by atoms with E-state index in [0.29, 0.717) is 47.3 Å². The minimum Gasteiger partial charge on any atom is -0.493 e. The van der Waals surface area contributed by atoms with E-state index in [2.05, 4.69) is 53.7 Å². The van der Waals surface area contributed by atoms with E-state index in [1.54, 1.807) is 62.8 Å². The highest BCUT2D eigenvalue weighted by Gasteiger charge is 2.31. The second-order valence-electron chi connectivity index (χ2n) is 15.8. The molecule has 10 nitrogen and oxygen atoms in total. The van der Waals surface area contributed by atoms with Crippen LogP contribution >= 0.6 is 0 Å². The highest BCUT2D eigenvalue weighted by atomic mass is 16.5. The number of methoxy groups -OCH3 is 2. The number of carbonyl (C=O) groups is 4. The summed E-state index contributed by atoms with van der Waals surface area (Å²) in [6.45, 7) is 13.3. The maximum absolute atomic E-state index is 13.6. The first-order valence-electron chi connectivity index (χ1n) is 21.1. The van der Waals surface area contributed by atoms with Crippen molar-refractivity contribution in [3.63, 3.8) is 0 Å². The molecule has 0 aliphatic heterocycles. The average molecular weight is 865 g/mol. The van der Waals surface area contributed by atoms with Crippen LogP contribution in [-0.4, -0.2) is 50.9 Å². The lowest BCUT2D eigenvalue weighted by Crippen LogP contribution is -2.21. The Morgan fingerprint density at radius 3 is 1.27 bits per heavy atom. The molecule has 0 saturated carbocycles. The fourth-order valence-electron chi connectivity index (χ4n) is 6.61. The number of hydrogen-bond acceptors (Lipinski definition) is 10. The van der Waals surface area contributed by atoms with Crippen LogP contribution in [0, 0.1) is 0 Å². The summed E-state index contributed by atoms with van der Waals surface area (Å²) in [6, 6.07) is 19.1. The van der Waals surface area contributed by atoms with Crippen LogP contribution in [0.25, 0.3) is 12.2 Å². The number of ketones is 2. The lowest BCUT2D eigenvalue weighted by Gasteiger charge is -2.18. The lowest BCUT2D eigenvalue weighted by atomic mass is 9.84. The molecule has 5 rings (SSSR count). The number of carbonyl (C=O) groups excluding carboxylic acids is 4. The van der Waals surface area contributed by atoms with Gasteiger partial charge >= 0.3 is 11.9 Å². The zero-order valence-corrected chi connectivity index (χ0v) is 37.9. The smallest absolute Gasteiger partial charge is 0.336 e. The van der Waals surface area contributed by atoms with Crippen LogP contribution < -0.4 is 28.4 Å². The summed E-state index contributed by atoms with van der Waals surface area (Å²) >= 11 is 0. The number of rotatable bonds is 20. The summed E-state index contributed by atoms with van der Waals surface area (Å²) in [7, 11) is 3.09. The van der Waals surface area contributed by atoms with Crippen molar-refractivity contribution >= 4 is 35.7 Å². The SMILES string of the molecule is COc1cc(/C=C/C(=O)Oc2ccc3c(c2)C(=O)c2ccc(OC(=O)/C=C/c4ccc(OC/C=C(\C)CCC=C(C)C)c(OC)c4)cc2C3=O)ccc1OC/C=C(\C)CCC=C(C)C. The van der Waals surface area contributed by atoms with E-state index in [1.165, 1.54) is 70.8 Å². The summed E-state index contributed by atoms with van der Waals surface area (Å²) in [5, 5.41) is 0. The fourth-order valence-corrected chi connectivity index (χ4v) is 6.61. The van der Waals surface area contributed by atoms with Gasteiger partial charge < -0.3 is 28.4 Å². The van der Waals surface area contributed by atoms with Gasteiger partial charge in [-0.1, -0.05) is 46.6 Å². The average Bonchev–Trinajstić information content (AvgIpc) is 3.27. The van der Waals surface area contributed by atoms with Gasteiger partial charge in [-0.2, -0.15) is 0 Å². The van der Waals surface area contributed by atoms with Crippen molar-refractivity contribution in [2.75, 3.05) is 27.4 Å². The Balaban J connectivity index is 1.16. The molecule has 0 heterocycles. The zero-order chi connectivity index (χ0) is 46.2. The van der Waals surface area contributed by atoms with Gasteiger partial charge in [-0.3, -0.25) is 9.59 Å². The molecule has 0 bridgehead atoms. The van der Waals surface area contributed by atoms with E-state index >= 15 is 0 Å². The van der Waals surface area contributed by atoms with Gasteiger partial charge in [0.05, 0.1) is 14.2 Å². The Labute approximate surface area is 376 Å². The van der Waals surface area contributed by atoms with Crippen molar-refractivity contribution in [3.05, 3.63) is 165 Å². The van der Waals surface area contributed by atoms with Crippen LogP contribution in [0.2, 0.25) is 0 Å². The Kier molecular flexibility index (Phi) is 17.4. The monoisotopic (exact) mass is 864 g/mol. The number of ether oxygens (including phenoxy) is 6. The topological polar surface area (TPSA) is 124 Å². The molecule has 1 aliphatic carbocycles. The molecule has 0 unspecified atom stereocenters. The van der Waals surface area contributed by atoms with E-state index in [4.69, 9.17) is 28.4 Å². The summed E-state index contributed by atoms with van der Waals surface area (Å²) in [6.07, 6.45) is 18.1. The number of esters is 2. The third kappa shape index (κ3) is 13.9. The zero-order valence-electron chi connectivity index (χ0n) is 37.9. The molecule has 0 saturated heterocycles. The van der Waals surface area contributed by atoms with E-state index in [-0.39, 0.29) is 33.8 Å².